The molecule has 0 unspecified atom stereocenters. The molecule has 2 aromatic rings. The monoisotopic (exact) mass is 312 g/mol. The van der Waals surface area contributed by atoms with Gasteiger partial charge in [0.05, 0.1) is 19.0 Å². The minimum absolute atomic E-state index is 0.124. The zero-order valence-electron chi connectivity index (χ0n) is 13.5. The molecule has 21 heavy (non-hydrogen) atoms. The molecule has 0 saturated heterocycles. The van der Waals surface area contributed by atoms with Gasteiger partial charge in [0, 0.05) is 0 Å². The molecule has 0 aromatic heterocycles. The summed E-state index contributed by atoms with van der Waals surface area (Å²) >= 11 is 0. The zero-order valence-corrected chi connectivity index (χ0v) is 16.3. The minimum atomic E-state index is -0.124. The first-order valence-corrected chi connectivity index (χ1v) is 11.4. The molecule has 0 heterocycles. The van der Waals surface area contributed by atoms with Gasteiger partial charge >= 0.3 is 0 Å². The highest BCUT2D eigenvalue weighted by molar-refractivity contribution is 6.73. The lowest BCUT2D eigenvalue weighted by Gasteiger charge is -2.17. The topological polar surface area (TPSA) is 0 Å². The maximum atomic E-state index is 2.35. The van der Waals surface area contributed by atoms with Crippen LogP contribution in [0.2, 0.25) is 5.16 Å². The molecule has 2 rings (SSSR count). The largest absolute Gasteiger partial charge is 0.0669 e. The quantitative estimate of drug-likeness (QED) is 0.657. The highest BCUT2D eigenvalue weighted by atomic mass is 28.3. The Balaban J connectivity index is 1.96. The number of benzene rings is 2. The van der Waals surface area contributed by atoms with Crippen molar-refractivity contribution in [2.24, 2.45) is 5.92 Å². The second-order valence-corrected chi connectivity index (χ2v) is 12.5. The van der Waals surface area contributed by atoms with E-state index in [0.29, 0.717) is 0 Å². The highest BCUT2D eigenvalue weighted by Gasteiger charge is 2.12. The van der Waals surface area contributed by atoms with Gasteiger partial charge in [-0.3, -0.25) is 0 Å². The van der Waals surface area contributed by atoms with Crippen molar-refractivity contribution in [3.63, 3.8) is 0 Å². The zero-order chi connectivity index (χ0) is 14.9. The van der Waals surface area contributed by atoms with Crippen LogP contribution in [-0.2, 0) is 0 Å². The van der Waals surface area contributed by atoms with Gasteiger partial charge in [0.25, 0.3) is 0 Å². The van der Waals surface area contributed by atoms with Gasteiger partial charge < -0.3 is 0 Å². The van der Waals surface area contributed by atoms with Crippen LogP contribution in [-0.4, -0.2) is 19.0 Å². The van der Waals surface area contributed by atoms with Crippen molar-refractivity contribution in [1.82, 2.24) is 0 Å². The van der Waals surface area contributed by atoms with Crippen LogP contribution in [0.4, 0.5) is 0 Å². The van der Waals surface area contributed by atoms with Crippen LogP contribution in [0.1, 0.15) is 33.1 Å². The summed E-state index contributed by atoms with van der Waals surface area (Å²) in [5.74, 6) is 0.849. The Labute approximate surface area is 134 Å². The lowest BCUT2D eigenvalue weighted by Crippen LogP contribution is -2.29. The van der Waals surface area contributed by atoms with Crippen molar-refractivity contribution in [1.29, 1.82) is 0 Å². The van der Waals surface area contributed by atoms with E-state index in [-0.39, 0.29) is 19.0 Å². The van der Waals surface area contributed by atoms with Crippen molar-refractivity contribution < 1.29 is 0 Å². The Bertz CT molecular complexity index is 452. The lowest BCUT2D eigenvalue weighted by molar-refractivity contribution is 0.545. The highest BCUT2D eigenvalue weighted by Crippen LogP contribution is 2.15. The van der Waals surface area contributed by atoms with E-state index in [4.69, 9.17) is 0 Å². The summed E-state index contributed by atoms with van der Waals surface area (Å²) in [4.78, 5) is 0. The third-order valence-corrected chi connectivity index (χ3v) is 9.72. The maximum Gasteiger partial charge on any atom is 0.0550 e. The average Bonchev–Trinajstić information content (AvgIpc) is 2.49. The summed E-state index contributed by atoms with van der Waals surface area (Å²) in [5.41, 5.74) is 0. The maximum absolute atomic E-state index is 2.35. The van der Waals surface area contributed by atoms with Gasteiger partial charge in [-0.05, 0) is 5.92 Å². The van der Waals surface area contributed by atoms with Gasteiger partial charge in [0.1, 0.15) is 0 Å². The molecule has 0 N–H and O–H groups in total. The van der Waals surface area contributed by atoms with E-state index in [0.717, 1.165) is 11.1 Å². The Morgan fingerprint density at radius 1 is 0.714 bits per heavy atom. The average molecular weight is 313 g/mol. The second-order valence-electron chi connectivity index (χ2n) is 6.57. The molecule has 0 bridgehead atoms. The Morgan fingerprint density at radius 2 is 1.19 bits per heavy atom. The summed E-state index contributed by atoms with van der Waals surface area (Å²) in [6.07, 6.45) is 4.27. The number of hydrogen-bond acceptors (Lipinski definition) is 0. The molecule has 0 fully saturated rings. The van der Waals surface area contributed by atoms with Crippen LogP contribution in [0.25, 0.3) is 0 Å². The molecular weight excluding hydrogens is 284 g/mol. The van der Waals surface area contributed by atoms with E-state index in [1.807, 2.05) is 0 Å². The van der Waals surface area contributed by atoms with Crippen LogP contribution < -0.4 is 10.4 Å². The van der Waals surface area contributed by atoms with Crippen molar-refractivity contribution in [2.45, 2.75) is 38.3 Å². The fourth-order valence-corrected chi connectivity index (χ4v) is 8.97. The molecule has 0 spiro atoms. The summed E-state index contributed by atoms with van der Waals surface area (Å²) in [6, 6.07) is 22.5. The molecule has 0 amide bonds. The summed E-state index contributed by atoms with van der Waals surface area (Å²) in [7, 11) is -0.249. The summed E-state index contributed by atoms with van der Waals surface area (Å²) in [5, 5.41) is 4.33. The smallest absolute Gasteiger partial charge is 0.0550 e. The molecule has 0 atom stereocenters. The van der Waals surface area contributed by atoms with Gasteiger partial charge in [-0.1, -0.05) is 109 Å². The van der Waals surface area contributed by atoms with Crippen LogP contribution in [0.15, 0.2) is 60.7 Å². The molecule has 0 aliphatic rings. The van der Waals surface area contributed by atoms with Crippen molar-refractivity contribution in [2.75, 3.05) is 0 Å². The first kappa shape index (κ1) is 16.2. The van der Waals surface area contributed by atoms with E-state index in [1.165, 1.54) is 19.3 Å². The number of rotatable bonds is 8. The first-order valence-electron chi connectivity index (χ1n) is 8.32. The molecule has 0 aliphatic carbocycles. The predicted molar refractivity (Wildman–Crippen MR) is 102 cm³/mol. The molecule has 0 aliphatic heterocycles. The van der Waals surface area contributed by atoms with Crippen LogP contribution in [0.3, 0.4) is 0 Å². The Morgan fingerprint density at radius 3 is 1.62 bits per heavy atom. The van der Waals surface area contributed by atoms with Gasteiger partial charge in [-0.2, -0.15) is 0 Å². The first-order chi connectivity index (χ1) is 10.2. The fourth-order valence-electron chi connectivity index (χ4n) is 2.99. The normalized spacial score (nSPS) is 13.7. The SMILES string of the molecule is CC(C)CCCC([SiH2]c1ccccc1)[SiH2]c1ccccc1. The van der Waals surface area contributed by atoms with Gasteiger partial charge in [0.15, 0.2) is 0 Å². The molecular formula is C19H28Si2. The van der Waals surface area contributed by atoms with E-state index < -0.39 is 0 Å². The van der Waals surface area contributed by atoms with E-state index >= 15 is 0 Å². The minimum Gasteiger partial charge on any atom is -0.0669 e. The van der Waals surface area contributed by atoms with E-state index in [9.17, 15) is 0 Å². The molecule has 0 radical (unpaired) electrons. The standard InChI is InChI=1S/C19H28Si2/c1-16(2)10-9-15-19(20-17-11-5-3-6-12-17)21-18-13-7-4-8-14-18/h3-8,11-14,16,19H,9-10,15,20-21H2,1-2H3. The van der Waals surface area contributed by atoms with Crippen molar-refractivity contribution in [3.05, 3.63) is 60.7 Å². The van der Waals surface area contributed by atoms with Gasteiger partial charge in [0.2, 0.25) is 0 Å². The van der Waals surface area contributed by atoms with Crippen LogP contribution >= 0.6 is 0 Å². The van der Waals surface area contributed by atoms with Gasteiger partial charge in [-0.15, -0.1) is 0 Å². The molecule has 112 valence electrons. The fraction of sp³-hybridized carbons (Fsp3) is 0.368. The molecule has 0 nitrogen and oxygen atoms in total. The summed E-state index contributed by atoms with van der Waals surface area (Å²) in [6.45, 7) is 4.69. The van der Waals surface area contributed by atoms with Gasteiger partial charge in [-0.25, -0.2) is 0 Å². The van der Waals surface area contributed by atoms with Crippen molar-refractivity contribution in [3.8, 4) is 0 Å². The predicted octanol–water partition coefficient (Wildman–Crippen LogP) is 2.55. The third-order valence-electron chi connectivity index (χ3n) is 4.13. The second kappa shape index (κ2) is 9.01. The lowest BCUT2D eigenvalue weighted by atomic mass is 10.1. The Hall–Kier alpha value is -1.13. The third kappa shape index (κ3) is 6.45. The number of hydrogen-bond donors (Lipinski definition) is 0. The van der Waals surface area contributed by atoms with E-state index in [2.05, 4.69) is 74.5 Å². The molecule has 0 saturated carbocycles. The summed E-state index contributed by atoms with van der Waals surface area (Å²) < 4.78 is 0. The van der Waals surface area contributed by atoms with Crippen LogP contribution in [0.5, 0.6) is 0 Å². The van der Waals surface area contributed by atoms with E-state index in [1.54, 1.807) is 10.4 Å². The molecule has 2 heteroatoms. The molecule has 2 aromatic carbocycles. The van der Waals surface area contributed by atoms with Crippen LogP contribution in [0, 0.1) is 5.92 Å². The van der Waals surface area contributed by atoms with Crippen molar-refractivity contribution >= 4 is 29.4 Å². The Kier molecular flexibility index (Phi) is 6.97.